The number of aryl methyl sites for hydroxylation is 1. The Morgan fingerprint density at radius 3 is 2.91 bits per heavy atom. The van der Waals surface area contributed by atoms with Gasteiger partial charge in [0.25, 0.3) is 5.91 Å². The summed E-state index contributed by atoms with van der Waals surface area (Å²) >= 11 is 0. The zero-order valence-electron chi connectivity index (χ0n) is 5.81. The van der Waals surface area contributed by atoms with E-state index < -0.39 is 5.91 Å². The molecule has 0 saturated heterocycles. The minimum atomic E-state index is -0.694. The van der Waals surface area contributed by atoms with E-state index in [9.17, 15) is 4.79 Å². The Balaban J connectivity index is 2.93. The van der Waals surface area contributed by atoms with Crippen LogP contribution in [0.4, 0.5) is 0 Å². The van der Waals surface area contributed by atoms with Crippen LogP contribution in [0.3, 0.4) is 0 Å². The fourth-order valence-corrected chi connectivity index (χ4v) is 0.639. The first-order valence-electron chi connectivity index (χ1n) is 2.90. The van der Waals surface area contributed by atoms with Crippen LogP contribution in [0.25, 0.3) is 10.4 Å². The fraction of sp³-hybridized carbons (Fsp3) is 0.167. The molecule has 5 heteroatoms. The summed E-state index contributed by atoms with van der Waals surface area (Å²) in [7, 11) is 0. The van der Waals surface area contributed by atoms with E-state index in [4.69, 9.17) is 9.95 Å². The first-order valence-corrected chi connectivity index (χ1v) is 2.90. The molecule has 5 nitrogen and oxygen atoms in total. The van der Waals surface area contributed by atoms with Gasteiger partial charge in [-0.05, 0) is 29.7 Å². The van der Waals surface area contributed by atoms with Gasteiger partial charge >= 0.3 is 0 Å². The molecule has 0 aliphatic heterocycles. The van der Waals surface area contributed by atoms with Crippen LogP contribution in [0.1, 0.15) is 16.3 Å². The summed E-state index contributed by atoms with van der Waals surface area (Å²) in [6.45, 7) is 1.70. The predicted molar refractivity (Wildman–Crippen MR) is 36.9 cm³/mol. The topological polar surface area (TPSA) is 79.0 Å². The minimum absolute atomic E-state index is 0.0697. The largest absolute Gasteiger partial charge is 0.458 e. The number of hydrogen-bond donors (Lipinski definition) is 0. The Morgan fingerprint density at radius 1 is 1.73 bits per heavy atom. The highest BCUT2D eigenvalue weighted by Gasteiger charge is 2.05. The first-order chi connectivity index (χ1) is 5.24. The van der Waals surface area contributed by atoms with Crippen molar-refractivity contribution in [3.63, 3.8) is 0 Å². The normalized spacial score (nSPS) is 8.82. The molecule has 0 bridgehead atoms. The number of furan rings is 1. The molecule has 1 aromatic heterocycles. The van der Waals surface area contributed by atoms with Crippen LogP contribution in [0.5, 0.6) is 0 Å². The molecular formula is C6H5N3O2. The summed E-state index contributed by atoms with van der Waals surface area (Å²) in [5, 5.41) is 2.86. The van der Waals surface area contributed by atoms with Crippen molar-refractivity contribution in [3.8, 4) is 0 Å². The Labute approximate surface area is 62.3 Å². The summed E-state index contributed by atoms with van der Waals surface area (Å²) < 4.78 is 4.88. The molecule has 1 aromatic rings. The second-order valence-corrected chi connectivity index (χ2v) is 1.90. The smallest absolute Gasteiger partial charge is 0.284 e. The number of carbonyl (C=O) groups excluding carboxylic acids is 1. The second-order valence-electron chi connectivity index (χ2n) is 1.90. The van der Waals surface area contributed by atoms with Gasteiger partial charge in [-0.25, -0.2) is 0 Å². The van der Waals surface area contributed by atoms with Crippen molar-refractivity contribution in [1.82, 2.24) is 0 Å². The van der Waals surface area contributed by atoms with Crippen molar-refractivity contribution in [2.24, 2.45) is 5.11 Å². The highest BCUT2D eigenvalue weighted by molar-refractivity contribution is 5.92. The summed E-state index contributed by atoms with van der Waals surface area (Å²) in [6, 6.07) is 3.09. The Morgan fingerprint density at radius 2 is 2.45 bits per heavy atom. The molecule has 0 saturated carbocycles. The molecule has 11 heavy (non-hydrogen) atoms. The summed E-state index contributed by atoms with van der Waals surface area (Å²) in [6.07, 6.45) is 0. The fourth-order valence-electron chi connectivity index (χ4n) is 0.639. The molecule has 0 radical (unpaired) electrons. The van der Waals surface area contributed by atoms with Crippen LogP contribution >= 0.6 is 0 Å². The van der Waals surface area contributed by atoms with Gasteiger partial charge in [0, 0.05) is 4.91 Å². The lowest BCUT2D eigenvalue weighted by atomic mass is 10.4. The Hall–Kier alpha value is -1.74. The van der Waals surface area contributed by atoms with Gasteiger partial charge in [-0.15, -0.1) is 0 Å². The third-order valence-corrected chi connectivity index (χ3v) is 1.09. The Kier molecular flexibility index (Phi) is 1.94. The van der Waals surface area contributed by atoms with E-state index in [-0.39, 0.29) is 5.76 Å². The first kappa shape index (κ1) is 7.37. The highest BCUT2D eigenvalue weighted by Crippen LogP contribution is 2.07. The number of rotatable bonds is 1. The lowest BCUT2D eigenvalue weighted by Gasteiger charge is -1.83. The molecule has 0 atom stereocenters. The van der Waals surface area contributed by atoms with E-state index in [0.717, 1.165) is 0 Å². The monoisotopic (exact) mass is 151 g/mol. The molecule has 0 N–H and O–H groups in total. The average molecular weight is 151 g/mol. The average Bonchev–Trinajstić information content (AvgIpc) is 2.36. The molecular weight excluding hydrogens is 146 g/mol. The van der Waals surface area contributed by atoms with Gasteiger partial charge in [0.2, 0.25) is 0 Å². The lowest BCUT2D eigenvalue weighted by molar-refractivity contribution is 0.0973. The maximum absolute atomic E-state index is 10.7. The number of amides is 1. The molecule has 0 aromatic carbocycles. The number of carbonyl (C=O) groups is 1. The molecule has 0 spiro atoms. The van der Waals surface area contributed by atoms with E-state index in [1.165, 1.54) is 6.07 Å². The zero-order chi connectivity index (χ0) is 8.27. The third kappa shape index (κ3) is 1.59. The quantitative estimate of drug-likeness (QED) is 0.349. The van der Waals surface area contributed by atoms with Crippen LogP contribution in [0.15, 0.2) is 21.7 Å². The van der Waals surface area contributed by atoms with Crippen molar-refractivity contribution in [3.05, 3.63) is 34.1 Å². The van der Waals surface area contributed by atoms with Crippen LogP contribution < -0.4 is 0 Å². The molecule has 1 rings (SSSR count). The predicted octanol–water partition coefficient (Wildman–Crippen LogP) is 2.04. The zero-order valence-corrected chi connectivity index (χ0v) is 5.81. The highest BCUT2D eigenvalue weighted by atomic mass is 16.3. The maximum atomic E-state index is 10.7. The molecule has 1 amide bonds. The van der Waals surface area contributed by atoms with Crippen molar-refractivity contribution in [2.75, 3.05) is 0 Å². The van der Waals surface area contributed by atoms with Gasteiger partial charge < -0.3 is 4.42 Å². The van der Waals surface area contributed by atoms with Gasteiger partial charge in [-0.1, -0.05) is 0 Å². The van der Waals surface area contributed by atoms with Crippen molar-refractivity contribution >= 4 is 5.91 Å². The summed E-state index contributed by atoms with van der Waals surface area (Å²) in [5.74, 6) is -0.0117. The van der Waals surface area contributed by atoms with Crippen LogP contribution in [-0.4, -0.2) is 5.91 Å². The van der Waals surface area contributed by atoms with Gasteiger partial charge in [-0.2, -0.15) is 0 Å². The second kappa shape index (κ2) is 2.90. The van der Waals surface area contributed by atoms with Crippen LogP contribution in [-0.2, 0) is 0 Å². The molecule has 0 aliphatic rings. The summed E-state index contributed by atoms with van der Waals surface area (Å²) in [4.78, 5) is 13.1. The minimum Gasteiger partial charge on any atom is -0.458 e. The van der Waals surface area contributed by atoms with Crippen LogP contribution in [0, 0.1) is 6.92 Å². The van der Waals surface area contributed by atoms with Gasteiger partial charge in [0.05, 0.1) is 0 Å². The standard InChI is InChI=1S/C6H5N3O2/c1-4-2-3-5(11-4)6(10)8-9-7/h2-3H,1H3. The van der Waals surface area contributed by atoms with Crippen molar-refractivity contribution in [2.45, 2.75) is 6.92 Å². The maximum Gasteiger partial charge on any atom is 0.284 e. The van der Waals surface area contributed by atoms with E-state index in [1.54, 1.807) is 13.0 Å². The Bertz CT molecular complexity index is 322. The van der Waals surface area contributed by atoms with Crippen molar-refractivity contribution in [1.29, 1.82) is 0 Å². The molecule has 56 valence electrons. The number of azide groups is 1. The third-order valence-electron chi connectivity index (χ3n) is 1.09. The SMILES string of the molecule is Cc1ccc(C(=O)N=[N+]=[N-])o1. The number of hydrogen-bond acceptors (Lipinski definition) is 2. The molecule has 0 unspecified atom stereocenters. The molecule has 0 aliphatic carbocycles. The van der Waals surface area contributed by atoms with E-state index in [0.29, 0.717) is 5.76 Å². The van der Waals surface area contributed by atoms with Crippen LogP contribution in [0.2, 0.25) is 0 Å². The number of nitrogens with zero attached hydrogens (tertiary/aromatic N) is 3. The molecule has 1 heterocycles. The van der Waals surface area contributed by atoms with Gasteiger partial charge in [0.15, 0.2) is 5.76 Å². The lowest BCUT2D eigenvalue weighted by Crippen LogP contribution is -1.88. The molecule has 0 fully saturated rings. The van der Waals surface area contributed by atoms with Crippen molar-refractivity contribution < 1.29 is 9.21 Å². The van der Waals surface area contributed by atoms with E-state index >= 15 is 0 Å². The summed E-state index contributed by atoms with van der Waals surface area (Å²) in [5.41, 5.74) is 7.90. The van der Waals surface area contributed by atoms with Gasteiger partial charge in [0.1, 0.15) is 5.76 Å². The van der Waals surface area contributed by atoms with Gasteiger partial charge in [-0.3, -0.25) is 4.79 Å². The van der Waals surface area contributed by atoms with E-state index in [2.05, 4.69) is 10.0 Å². The van der Waals surface area contributed by atoms with E-state index in [1.807, 2.05) is 0 Å².